The normalized spacial score (nSPS) is 17.0. The van der Waals surface area contributed by atoms with Crippen LogP contribution in [0.15, 0.2) is 36.0 Å². The first-order chi connectivity index (χ1) is 10.6. The van der Waals surface area contributed by atoms with Crippen molar-refractivity contribution in [3.8, 4) is 12.1 Å². The number of nitrogens with zero attached hydrogens (tertiary/aromatic N) is 3. The molecule has 0 saturated carbocycles. The smallest absolute Gasteiger partial charge is 0.253 e. The number of nitrogens with one attached hydrogen (secondary N) is 1. The molecule has 112 valence electrons. The molecule has 1 unspecified atom stereocenters. The van der Waals surface area contributed by atoms with E-state index in [4.69, 9.17) is 10.5 Å². The van der Waals surface area contributed by atoms with E-state index >= 15 is 0 Å². The molecule has 1 aromatic rings. The molecule has 1 amide bonds. The van der Waals surface area contributed by atoms with Crippen LogP contribution in [0.4, 0.5) is 5.69 Å². The van der Waals surface area contributed by atoms with Crippen LogP contribution < -0.4 is 5.32 Å². The third-order valence-electron chi connectivity index (χ3n) is 3.70. The van der Waals surface area contributed by atoms with Gasteiger partial charge in [-0.3, -0.25) is 4.79 Å². The van der Waals surface area contributed by atoms with Crippen LogP contribution in [0.25, 0.3) is 0 Å². The van der Waals surface area contributed by atoms with Crippen molar-refractivity contribution in [2.75, 3.05) is 18.4 Å². The minimum atomic E-state index is 0.00228. The molecule has 1 atom stereocenters. The molecule has 0 bridgehead atoms. The Labute approximate surface area is 130 Å². The molecule has 1 N–H and O–H groups in total. The van der Waals surface area contributed by atoms with Gasteiger partial charge in [-0.15, -0.1) is 0 Å². The fraction of sp³-hybridized carbons (Fsp3) is 0.353. The summed E-state index contributed by atoms with van der Waals surface area (Å²) in [6.07, 6.45) is 3.59. The van der Waals surface area contributed by atoms with Gasteiger partial charge in [-0.25, -0.2) is 0 Å². The number of hydrogen-bond donors (Lipinski definition) is 1. The maximum absolute atomic E-state index is 12.4. The zero-order valence-corrected chi connectivity index (χ0v) is 12.5. The number of nitriles is 2. The molecule has 1 aliphatic rings. The second-order valence-electron chi connectivity index (χ2n) is 5.50. The molecular formula is C17H18N4O. The second-order valence-corrected chi connectivity index (χ2v) is 5.50. The largest absolute Gasteiger partial charge is 0.360 e. The third-order valence-corrected chi connectivity index (χ3v) is 3.70. The molecule has 5 heteroatoms. The average molecular weight is 294 g/mol. The van der Waals surface area contributed by atoms with Crippen molar-refractivity contribution in [3.05, 3.63) is 41.6 Å². The Morgan fingerprint density at radius 2 is 2.00 bits per heavy atom. The van der Waals surface area contributed by atoms with Crippen molar-refractivity contribution in [1.82, 2.24) is 4.90 Å². The molecule has 5 nitrogen and oxygen atoms in total. The van der Waals surface area contributed by atoms with Crippen molar-refractivity contribution >= 4 is 11.6 Å². The molecule has 0 radical (unpaired) electrons. The number of amides is 1. The third kappa shape index (κ3) is 3.86. The fourth-order valence-corrected chi connectivity index (χ4v) is 2.51. The molecule has 1 fully saturated rings. The Morgan fingerprint density at radius 3 is 2.59 bits per heavy atom. The van der Waals surface area contributed by atoms with Crippen LogP contribution in [0, 0.1) is 28.6 Å². The zero-order valence-electron chi connectivity index (χ0n) is 12.5. The maximum atomic E-state index is 12.4. The number of carbonyl (C=O) groups is 1. The summed E-state index contributed by atoms with van der Waals surface area (Å²) in [6, 6.07) is 10.6. The topological polar surface area (TPSA) is 79.9 Å². The monoisotopic (exact) mass is 294 g/mol. The number of hydrogen-bond acceptors (Lipinski definition) is 4. The van der Waals surface area contributed by atoms with E-state index in [0.29, 0.717) is 11.5 Å². The van der Waals surface area contributed by atoms with E-state index in [1.54, 1.807) is 36.4 Å². The zero-order chi connectivity index (χ0) is 15.9. The lowest BCUT2D eigenvalue weighted by Gasteiger charge is -2.31. The molecule has 0 spiro atoms. The minimum absolute atomic E-state index is 0.00228. The summed E-state index contributed by atoms with van der Waals surface area (Å²) < 4.78 is 0. The summed E-state index contributed by atoms with van der Waals surface area (Å²) in [5, 5.41) is 20.2. The van der Waals surface area contributed by atoms with E-state index < -0.39 is 0 Å². The van der Waals surface area contributed by atoms with Gasteiger partial charge >= 0.3 is 0 Å². The highest BCUT2D eigenvalue weighted by Gasteiger charge is 2.21. The van der Waals surface area contributed by atoms with Gasteiger partial charge in [-0.05, 0) is 43.0 Å². The van der Waals surface area contributed by atoms with Gasteiger partial charge in [0.1, 0.15) is 17.7 Å². The second kappa shape index (κ2) is 7.28. The van der Waals surface area contributed by atoms with Crippen LogP contribution >= 0.6 is 0 Å². The highest BCUT2D eigenvalue weighted by molar-refractivity contribution is 5.94. The van der Waals surface area contributed by atoms with Gasteiger partial charge in [-0.2, -0.15) is 10.5 Å². The Bertz CT molecular complexity index is 633. The fourth-order valence-electron chi connectivity index (χ4n) is 2.51. The lowest BCUT2D eigenvalue weighted by molar-refractivity contribution is 0.0683. The molecule has 1 heterocycles. The molecule has 1 aliphatic heterocycles. The first-order valence-corrected chi connectivity index (χ1v) is 7.30. The standard InChI is InChI=1S/C17H18N4O/c1-13-3-2-8-21(12-13)17(22)15-4-6-16(7-5-15)20-11-14(9-18)10-19/h4-7,11,13,20H,2-3,8,12H2,1H3. The molecule has 22 heavy (non-hydrogen) atoms. The molecule has 0 aromatic heterocycles. The van der Waals surface area contributed by atoms with Gasteiger partial charge in [0, 0.05) is 30.5 Å². The van der Waals surface area contributed by atoms with Crippen LogP contribution in [0.2, 0.25) is 0 Å². The molecule has 1 saturated heterocycles. The van der Waals surface area contributed by atoms with Gasteiger partial charge < -0.3 is 10.2 Å². The van der Waals surface area contributed by atoms with Crippen molar-refractivity contribution < 1.29 is 4.79 Å². The molecule has 2 rings (SSSR count). The minimum Gasteiger partial charge on any atom is -0.360 e. The van der Waals surface area contributed by atoms with Crippen LogP contribution in [0.3, 0.4) is 0 Å². The molecular weight excluding hydrogens is 276 g/mol. The highest BCUT2D eigenvalue weighted by atomic mass is 16.2. The first-order valence-electron chi connectivity index (χ1n) is 7.30. The van der Waals surface area contributed by atoms with Crippen LogP contribution in [0.5, 0.6) is 0 Å². The van der Waals surface area contributed by atoms with Crippen LogP contribution in [-0.2, 0) is 0 Å². The lowest BCUT2D eigenvalue weighted by Crippen LogP contribution is -2.39. The van der Waals surface area contributed by atoms with Crippen molar-refractivity contribution in [2.24, 2.45) is 5.92 Å². The Kier molecular flexibility index (Phi) is 5.16. The van der Waals surface area contributed by atoms with E-state index in [2.05, 4.69) is 12.2 Å². The quantitative estimate of drug-likeness (QED) is 0.869. The van der Waals surface area contributed by atoms with Gasteiger partial charge in [0.2, 0.25) is 0 Å². The van der Waals surface area contributed by atoms with E-state index in [1.807, 2.05) is 4.90 Å². The van der Waals surface area contributed by atoms with Crippen LogP contribution in [-0.4, -0.2) is 23.9 Å². The summed E-state index contributed by atoms with van der Waals surface area (Å²) in [6.45, 7) is 3.80. The van der Waals surface area contributed by atoms with Crippen molar-refractivity contribution in [2.45, 2.75) is 19.8 Å². The number of benzene rings is 1. The Morgan fingerprint density at radius 1 is 1.32 bits per heavy atom. The average Bonchev–Trinajstić information content (AvgIpc) is 2.56. The summed E-state index contributed by atoms with van der Waals surface area (Å²) >= 11 is 0. The Balaban J connectivity index is 2.03. The molecule has 1 aromatic carbocycles. The van der Waals surface area contributed by atoms with Gasteiger partial charge in [-0.1, -0.05) is 6.92 Å². The van der Waals surface area contributed by atoms with Crippen molar-refractivity contribution in [3.63, 3.8) is 0 Å². The van der Waals surface area contributed by atoms with E-state index in [-0.39, 0.29) is 11.5 Å². The summed E-state index contributed by atoms with van der Waals surface area (Å²) in [5.41, 5.74) is 1.39. The predicted octanol–water partition coefficient (Wildman–Crippen LogP) is 2.90. The maximum Gasteiger partial charge on any atom is 0.253 e. The summed E-state index contributed by atoms with van der Waals surface area (Å²) in [4.78, 5) is 14.3. The number of rotatable bonds is 3. The SMILES string of the molecule is CC1CCCN(C(=O)c2ccc(NC=C(C#N)C#N)cc2)C1. The van der Waals surface area contributed by atoms with Gasteiger partial charge in [0.05, 0.1) is 0 Å². The highest BCUT2D eigenvalue weighted by Crippen LogP contribution is 2.19. The molecule has 0 aliphatic carbocycles. The van der Waals surface area contributed by atoms with Crippen molar-refractivity contribution in [1.29, 1.82) is 10.5 Å². The number of carbonyl (C=O) groups excluding carboxylic acids is 1. The number of anilines is 1. The summed E-state index contributed by atoms with van der Waals surface area (Å²) in [7, 11) is 0. The van der Waals surface area contributed by atoms with Crippen LogP contribution in [0.1, 0.15) is 30.1 Å². The van der Waals surface area contributed by atoms with Gasteiger partial charge in [0.15, 0.2) is 0 Å². The van der Waals surface area contributed by atoms with E-state index in [9.17, 15) is 4.79 Å². The number of allylic oxidation sites excluding steroid dienone is 1. The van der Waals surface area contributed by atoms with E-state index in [1.165, 1.54) is 12.6 Å². The number of piperidine rings is 1. The van der Waals surface area contributed by atoms with Gasteiger partial charge in [0.25, 0.3) is 5.91 Å². The number of likely N-dealkylation sites (tertiary alicyclic amines) is 1. The summed E-state index contributed by atoms with van der Waals surface area (Å²) in [5.74, 6) is 0.613. The lowest BCUT2D eigenvalue weighted by atomic mass is 9.99. The Hall–Kier alpha value is -2.79. The first kappa shape index (κ1) is 15.6. The van der Waals surface area contributed by atoms with E-state index in [0.717, 1.165) is 25.2 Å². The predicted molar refractivity (Wildman–Crippen MR) is 83.7 cm³/mol.